The maximum absolute atomic E-state index is 12.5. The highest BCUT2D eigenvalue weighted by Gasteiger charge is 2.19. The van der Waals surface area contributed by atoms with Gasteiger partial charge in [0.2, 0.25) is 15.9 Å². The standard InChI is InChI=1S/C22H28N2O4S/c1-4-5-17-6-8-19(9-7-17)21(25)14-15-22(26)24(3)16(2)18-10-12-20(13-11-18)29(23,27)28/h6-13,16H,4-5,14-15H2,1-3H3,(H2,23,27,28). The summed E-state index contributed by atoms with van der Waals surface area (Å²) in [4.78, 5) is 26.5. The van der Waals surface area contributed by atoms with Crippen molar-refractivity contribution in [2.45, 2.75) is 50.5 Å². The fourth-order valence-electron chi connectivity index (χ4n) is 3.06. The quantitative estimate of drug-likeness (QED) is 0.633. The third kappa shape index (κ3) is 6.24. The summed E-state index contributed by atoms with van der Waals surface area (Å²) in [5, 5.41) is 5.11. The molecule has 0 aliphatic carbocycles. The highest BCUT2D eigenvalue weighted by Crippen LogP contribution is 2.21. The largest absolute Gasteiger partial charge is 0.339 e. The van der Waals surface area contributed by atoms with Crippen molar-refractivity contribution in [3.63, 3.8) is 0 Å². The Balaban J connectivity index is 1.94. The van der Waals surface area contributed by atoms with Crippen LogP contribution in [-0.4, -0.2) is 32.1 Å². The van der Waals surface area contributed by atoms with E-state index in [9.17, 15) is 18.0 Å². The maximum Gasteiger partial charge on any atom is 0.238 e. The lowest BCUT2D eigenvalue weighted by atomic mass is 10.0. The van der Waals surface area contributed by atoms with Crippen LogP contribution in [0.15, 0.2) is 53.4 Å². The minimum absolute atomic E-state index is 0.0259. The molecule has 0 saturated carbocycles. The monoisotopic (exact) mass is 416 g/mol. The van der Waals surface area contributed by atoms with Crippen molar-refractivity contribution in [1.82, 2.24) is 4.90 Å². The predicted octanol–water partition coefficient (Wildman–Crippen LogP) is 3.47. The van der Waals surface area contributed by atoms with Crippen molar-refractivity contribution >= 4 is 21.7 Å². The van der Waals surface area contributed by atoms with Crippen molar-refractivity contribution in [1.29, 1.82) is 0 Å². The van der Waals surface area contributed by atoms with Crippen LogP contribution in [-0.2, 0) is 21.2 Å². The number of amides is 1. The smallest absolute Gasteiger partial charge is 0.238 e. The summed E-state index contributed by atoms with van der Waals surface area (Å²) < 4.78 is 22.7. The molecule has 2 aromatic carbocycles. The van der Waals surface area contributed by atoms with Crippen molar-refractivity contribution in [3.8, 4) is 0 Å². The molecule has 29 heavy (non-hydrogen) atoms. The van der Waals surface area contributed by atoms with Crippen molar-refractivity contribution in [3.05, 3.63) is 65.2 Å². The van der Waals surface area contributed by atoms with E-state index in [1.807, 2.05) is 31.2 Å². The SMILES string of the molecule is CCCc1ccc(C(=O)CCC(=O)N(C)C(C)c2ccc(S(N)(=O)=O)cc2)cc1. The summed E-state index contributed by atoms with van der Waals surface area (Å²) in [5.41, 5.74) is 2.60. The van der Waals surface area contributed by atoms with Gasteiger partial charge in [0, 0.05) is 25.5 Å². The van der Waals surface area contributed by atoms with Gasteiger partial charge in [-0.15, -0.1) is 0 Å². The van der Waals surface area contributed by atoms with Crippen LogP contribution in [0.5, 0.6) is 0 Å². The lowest BCUT2D eigenvalue weighted by Gasteiger charge is -2.25. The van der Waals surface area contributed by atoms with E-state index in [0.29, 0.717) is 5.56 Å². The minimum Gasteiger partial charge on any atom is -0.339 e. The zero-order chi connectivity index (χ0) is 21.6. The number of aryl methyl sites for hydroxylation is 1. The number of nitrogens with two attached hydrogens (primary N) is 1. The number of carbonyl (C=O) groups is 2. The van der Waals surface area contributed by atoms with Crippen molar-refractivity contribution < 1.29 is 18.0 Å². The second-order valence-corrected chi connectivity index (χ2v) is 8.73. The molecular weight excluding hydrogens is 388 g/mol. The molecule has 0 bridgehead atoms. The van der Waals surface area contributed by atoms with Crippen molar-refractivity contribution in [2.24, 2.45) is 5.14 Å². The van der Waals surface area contributed by atoms with E-state index >= 15 is 0 Å². The summed E-state index contributed by atoms with van der Waals surface area (Å²) >= 11 is 0. The van der Waals surface area contributed by atoms with Crippen LogP contribution in [0.4, 0.5) is 0 Å². The molecule has 0 spiro atoms. The Morgan fingerprint density at radius 3 is 2.10 bits per heavy atom. The average molecular weight is 417 g/mol. The van der Waals surface area contributed by atoms with Crippen LogP contribution >= 0.6 is 0 Å². The van der Waals surface area contributed by atoms with Gasteiger partial charge in [-0.05, 0) is 36.6 Å². The number of hydrogen-bond acceptors (Lipinski definition) is 4. The summed E-state index contributed by atoms with van der Waals surface area (Å²) in [7, 11) is -2.08. The van der Waals surface area contributed by atoms with Crippen LogP contribution < -0.4 is 5.14 Å². The first-order chi connectivity index (χ1) is 13.6. The second-order valence-electron chi connectivity index (χ2n) is 7.16. The first kappa shape index (κ1) is 22.8. The third-order valence-electron chi connectivity index (χ3n) is 5.05. The number of ketones is 1. The first-order valence-corrected chi connectivity index (χ1v) is 11.2. The van der Waals surface area contributed by atoms with Crippen LogP contribution in [0.2, 0.25) is 0 Å². The zero-order valence-corrected chi connectivity index (χ0v) is 17.9. The molecule has 0 fully saturated rings. The van der Waals surface area contributed by atoms with E-state index in [0.717, 1.165) is 18.4 Å². The number of nitrogens with zero attached hydrogens (tertiary/aromatic N) is 1. The minimum atomic E-state index is -3.75. The molecule has 7 heteroatoms. The molecule has 2 N–H and O–H groups in total. The van der Waals surface area contributed by atoms with Crippen LogP contribution in [0, 0.1) is 0 Å². The van der Waals surface area contributed by atoms with Gasteiger partial charge in [0.15, 0.2) is 5.78 Å². The molecule has 2 rings (SSSR count). The van der Waals surface area contributed by atoms with Crippen LogP contribution in [0.25, 0.3) is 0 Å². The van der Waals surface area contributed by atoms with E-state index in [1.54, 1.807) is 24.1 Å². The Labute approximate surface area is 172 Å². The predicted molar refractivity (Wildman–Crippen MR) is 113 cm³/mol. The van der Waals surface area contributed by atoms with Gasteiger partial charge in [0.1, 0.15) is 0 Å². The molecule has 0 saturated heterocycles. The van der Waals surface area contributed by atoms with Gasteiger partial charge in [-0.3, -0.25) is 9.59 Å². The molecular formula is C22H28N2O4S. The highest BCUT2D eigenvalue weighted by molar-refractivity contribution is 7.89. The lowest BCUT2D eigenvalue weighted by molar-refractivity contribution is -0.131. The Hall–Kier alpha value is -2.51. The number of sulfonamides is 1. The molecule has 1 amide bonds. The fraction of sp³-hybridized carbons (Fsp3) is 0.364. The van der Waals surface area contributed by atoms with Gasteiger partial charge >= 0.3 is 0 Å². The molecule has 0 aromatic heterocycles. The molecule has 2 aromatic rings. The normalized spacial score (nSPS) is 12.4. The summed E-state index contributed by atoms with van der Waals surface area (Å²) in [6, 6.07) is 13.4. The molecule has 1 atom stereocenters. The highest BCUT2D eigenvalue weighted by atomic mass is 32.2. The maximum atomic E-state index is 12.5. The van der Waals surface area contributed by atoms with E-state index < -0.39 is 10.0 Å². The molecule has 1 unspecified atom stereocenters. The van der Waals surface area contributed by atoms with Gasteiger partial charge in [0.25, 0.3) is 0 Å². The molecule has 156 valence electrons. The molecule has 0 heterocycles. The topological polar surface area (TPSA) is 97.5 Å². The average Bonchev–Trinajstić information content (AvgIpc) is 2.71. The van der Waals surface area contributed by atoms with Gasteiger partial charge in [-0.2, -0.15) is 0 Å². The van der Waals surface area contributed by atoms with Crippen molar-refractivity contribution in [2.75, 3.05) is 7.05 Å². The van der Waals surface area contributed by atoms with Gasteiger partial charge < -0.3 is 4.90 Å². The molecule has 6 nitrogen and oxygen atoms in total. The first-order valence-electron chi connectivity index (χ1n) is 9.64. The molecule has 0 radical (unpaired) electrons. The lowest BCUT2D eigenvalue weighted by Crippen LogP contribution is -2.30. The van der Waals surface area contributed by atoms with Crippen LogP contribution in [0.3, 0.4) is 0 Å². The summed E-state index contributed by atoms with van der Waals surface area (Å²) in [5.74, 6) is -0.205. The van der Waals surface area contributed by atoms with E-state index in [1.165, 1.54) is 17.7 Å². The van der Waals surface area contributed by atoms with E-state index in [2.05, 4.69) is 6.92 Å². The fourth-order valence-corrected chi connectivity index (χ4v) is 3.58. The molecule has 0 aliphatic heterocycles. The summed E-state index contributed by atoms with van der Waals surface area (Å²) in [6.07, 6.45) is 2.30. The van der Waals surface area contributed by atoms with Gasteiger partial charge in [0.05, 0.1) is 10.9 Å². The Morgan fingerprint density at radius 1 is 1.00 bits per heavy atom. The number of benzene rings is 2. The summed E-state index contributed by atoms with van der Waals surface area (Å²) in [6.45, 7) is 3.95. The second kappa shape index (κ2) is 9.80. The Kier molecular flexibility index (Phi) is 7.70. The third-order valence-corrected chi connectivity index (χ3v) is 5.98. The Bertz CT molecular complexity index is 951. The van der Waals surface area contributed by atoms with E-state index in [4.69, 9.17) is 5.14 Å². The zero-order valence-electron chi connectivity index (χ0n) is 17.1. The number of Topliss-reactive ketones (excluding diaryl/α,β-unsaturated/α-hetero) is 1. The number of hydrogen-bond donors (Lipinski definition) is 1. The number of rotatable bonds is 9. The van der Waals surface area contributed by atoms with E-state index in [-0.39, 0.29) is 35.5 Å². The Morgan fingerprint density at radius 2 is 1.59 bits per heavy atom. The number of primary sulfonamides is 1. The van der Waals surface area contributed by atoms with Gasteiger partial charge in [-0.25, -0.2) is 13.6 Å². The number of carbonyl (C=O) groups excluding carboxylic acids is 2. The van der Waals surface area contributed by atoms with Gasteiger partial charge in [-0.1, -0.05) is 49.7 Å². The molecule has 0 aliphatic rings. The van der Waals surface area contributed by atoms with Crippen LogP contribution in [0.1, 0.15) is 60.6 Å².